The van der Waals surface area contributed by atoms with Crippen LogP contribution in [0.3, 0.4) is 0 Å². The second-order valence-corrected chi connectivity index (χ2v) is 5.04. The molecule has 1 fully saturated rings. The highest BCUT2D eigenvalue weighted by Crippen LogP contribution is 2.31. The summed E-state index contributed by atoms with van der Waals surface area (Å²) in [6.07, 6.45) is -7.36. The van der Waals surface area contributed by atoms with Gasteiger partial charge in [-0.3, -0.25) is 10.1 Å². The lowest BCUT2D eigenvalue weighted by Gasteiger charge is -2.39. The molecule has 122 valence electrons. The summed E-state index contributed by atoms with van der Waals surface area (Å²) >= 11 is 0. The number of nitrogens with zero attached hydrogens (tertiary/aromatic N) is 1. The van der Waals surface area contributed by atoms with Crippen LogP contribution in [0.5, 0.6) is 5.75 Å². The molecule has 2 unspecified atom stereocenters. The van der Waals surface area contributed by atoms with Gasteiger partial charge in [-0.2, -0.15) is 0 Å². The quantitative estimate of drug-likeness (QED) is 0.413. The summed E-state index contributed by atoms with van der Waals surface area (Å²) in [6, 6.07) is 4.21. The van der Waals surface area contributed by atoms with E-state index in [-0.39, 0.29) is 11.4 Å². The molecule has 9 nitrogen and oxygen atoms in total. The van der Waals surface area contributed by atoms with Crippen molar-refractivity contribution in [3.8, 4) is 5.75 Å². The first-order chi connectivity index (χ1) is 10.3. The average molecular weight is 315 g/mol. The Bertz CT molecular complexity index is 549. The molecule has 0 amide bonds. The number of benzene rings is 1. The molecule has 1 saturated heterocycles. The van der Waals surface area contributed by atoms with E-state index in [1.807, 2.05) is 0 Å². The summed E-state index contributed by atoms with van der Waals surface area (Å²) in [5.41, 5.74) is 0.324. The first-order valence-corrected chi connectivity index (χ1v) is 6.57. The van der Waals surface area contributed by atoms with Crippen molar-refractivity contribution in [2.24, 2.45) is 0 Å². The van der Waals surface area contributed by atoms with Crippen LogP contribution in [0.4, 0.5) is 5.69 Å². The summed E-state index contributed by atoms with van der Waals surface area (Å²) in [5.74, 6) is -0.153. The second kappa shape index (κ2) is 6.55. The molecular formula is C13H17NO8. The third-order valence-electron chi connectivity index (χ3n) is 3.40. The van der Waals surface area contributed by atoms with Crippen LogP contribution >= 0.6 is 0 Å². The van der Waals surface area contributed by atoms with Crippen LogP contribution in [-0.4, -0.2) is 62.7 Å². The van der Waals surface area contributed by atoms with Gasteiger partial charge in [0, 0.05) is 6.07 Å². The highest BCUT2D eigenvalue weighted by atomic mass is 16.7. The first-order valence-electron chi connectivity index (χ1n) is 6.57. The minimum absolute atomic E-state index is 0.153. The van der Waals surface area contributed by atoms with Gasteiger partial charge in [0.05, 0.1) is 11.5 Å². The number of ether oxygens (including phenoxy) is 2. The number of nitro benzene ring substituents is 1. The minimum Gasteiger partial charge on any atom is -0.455 e. The van der Waals surface area contributed by atoms with Gasteiger partial charge < -0.3 is 29.9 Å². The zero-order valence-corrected chi connectivity index (χ0v) is 11.7. The zero-order valence-electron chi connectivity index (χ0n) is 11.7. The van der Waals surface area contributed by atoms with Gasteiger partial charge in [0.15, 0.2) is 5.75 Å². The highest BCUT2D eigenvalue weighted by molar-refractivity contribution is 5.48. The maximum atomic E-state index is 11.0. The molecule has 0 aromatic heterocycles. The van der Waals surface area contributed by atoms with Gasteiger partial charge in [-0.05, 0) is 18.6 Å². The molecule has 1 heterocycles. The molecule has 2 rings (SSSR count). The number of aliphatic hydroxyl groups excluding tert-OH is 4. The number of rotatable bonds is 4. The Balaban J connectivity index is 2.24. The minimum atomic E-state index is -1.63. The van der Waals surface area contributed by atoms with E-state index in [0.717, 1.165) is 0 Å². The lowest BCUT2D eigenvalue weighted by atomic mass is 9.99. The van der Waals surface area contributed by atoms with Gasteiger partial charge in [-0.1, -0.05) is 6.07 Å². The lowest BCUT2D eigenvalue weighted by molar-refractivity contribution is -0.387. The number of hydrogen-bond donors (Lipinski definition) is 4. The molecule has 0 aliphatic carbocycles. The van der Waals surface area contributed by atoms with Crippen molar-refractivity contribution in [2.75, 3.05) is 6.61 Å². The van der Waals surface area contributed by atoms with Crippen molar-refractivity contribution in [1.29, 1.82) is 0 Å². The zero-order chi connectivity index (χ0) is 16.4. The number of nitro groups is 1. The van der Waals surface area contributed by atoms with Crippen molar-refractivity contribution in [1.82, 2.24) is 0 Å². The Kier molecular flexibility index (Phi) is 4.94. The van der Waals surface area contributed by atoms with E-state index in [1.165, 1.54) is 12.1 Å². The largest absolute Gasteiger partial charge is 0.455 e. The SMILES string of the molecule is Cc1ccc(O[C@@H]2OC(CO)[C@H](O)[C@H](O)C2O)c([N+](=O)[O-])c1. The standard InChI is InChI=1S/C13H17NO8/c1-6-2-3-8(7(4-6)14(19)20)21-13-12(18)11(17)10(16)9(5-15)22-13/h2-4,9-13,15-18H,5H2,1H3/t9?,10-,11-,12?,13+/m0/s1. The summed E-state index contributed by atoms with van der Waals surface area (Å²) in [7, 11) is 0. The lowest BCUT2D eigenvalue weighted by Crippen LogP contribution is -2.60. The fourth-order valence-corrected chi connectivity index (χ4v) is 2.16. The molecule has 1 aliphatic rings. The number of aliphatic hydroxyl groups is 4. The molecule has 0 spiro atoms. The topological polar surface area (TPSA) is 143 Å². The summed E-state index contributed by atoms with van der Waals surface area (Å²) in [4.78, 5) is 10.4. The molecule has 1 aromatic rings. The molecule has 0 bridgehead atoms. The van der Waals surface area contributed by atoms with E-state index < -0.39 is 42.2 Å². The van der Waals surface area contributed by atoms with E-state index in [2.05, 4.69) is 0 Å². The van der Waals surface area contributed by atoms with Gasteiger partial charge in [0.2, 0.25) is 6.29 Å². The van der Waals surface area contributed by atoms with Crippen molar-refractivity contribution >= 4 is 5.69 Å². The van der Waals surface area contributed by atoms with Gasteiger partial charge in [-0.15, -0.1) is 0 Å². The Morgan fingerprint density at radius 2 is 1.95 bits per heavy atom. The van der Waals surface area contributed by atoms with Gasteiger partial charge in [-0.25, -0.2) is 0 Å². The molecule has 0 saturated carbocycles. The summed E-state index contributed by atoms with van der Waals surface area (Å²) in [5, 5.41) is 49.3. The van der Waals surface area contributed by atoms with Gasteiger partial charge in [0.1, 0.15) is 24.4 Å². The van der Waals surface area contributed by atoms with E-state index in [1.54, 1.807) is 13.0 Å². The fourth-order valence-electron chi connectivity index (χ4n) is 2.16. The van der Waals surface area contributed by atoms with Crippen LogP contribution in [0.25, 0.3) is 0 Å². The smallest absolute Gasteiger partial charge is 0.311 e. The van der Waals surface area contributed by atoms with Crippen LogP contribution in [0.2, 0.25) is 0 Å². The van der Waals surface area contributed by atoms with Gasteiger partial charge in [0.25, 0.3) is 0 Å². The molecule has 4 N–H and O–H groups in total. The van der Waals surface area contributed by atoms with E-state index in [4.69, 9.17) is 14.6 Å². The van der Waals surface area contributed by atoms with Crippen molar-refractivity contribution < 1.29 is 34.8 Å². The van der Waals surface area contributed by atoms with Crippen LogP contribution in [0.1, 0.15) is 5.56 Å². The van der Waals surface area contributed by atoms with Crippen molar-refractivity contribution in [2.45, 2.75) is 37.6 Å². The van der Waals surface area contributed by atoms with Crippen molar-refractivity contribution in [3.05, 3.63) is 33.9 Å². The van der Waals surface area contributed by atoms with Gasteiger partial charge >= 0.3 is 5.69 Å². The normalized spacial score (nSPS) is 31.8. The van der Waals surface area contributed by atoms with E-state index >= 15 is 0 Å². The third-order valence-corrected chi connectivity index (χ3v) is 3.40. The molecule has 1 aromatic carbocycles. The molecular weight excluding hydrogens is 298 g/mol. The number of hydrogen-bond acceptors (Lipinski definition) is 8. The Morgan fingerprint density at radius 1 is 1.27 bits per heavy atom. The van der Waals surface area contributed by atoms with E-state index in [0.29, 0.717) is 5.56 Å². The fraction of sp³-hybridized carbons (Fsp3) is 0.538. The van der Waals surface area contributed by atoms with Crippen molar-refractivity contribution in [3.63, 3.8) is 0 Å². The number of aryl methyl sites for hydroxylation is 1. The molecule has 5 atom stereocenters. The maximum absolute atomic E-state index is 11.0. The van der Waals surface area contributed by atoms with Crippen LogP contribution in [0, 0.1) is 17.0 Å². The molecule has 1 aliphatic heterocycles. The monoisotopic (exact) mass is 315 g/mol. The second-order valence-electron chi connectivity index (χ2n) is 5.04. The Labute approximate surface area is 125 Å². The van der Waals surface area contributed by atoms with Crippen LogP contribution < -0.4 is 4.74 Å². The van der Waals surface area contributed by atoms with E-state index in [9.17, 15) is 25.4 Å². The molecule has 0 radical (unpaired) electrons. The summed E-state index contributed by atoms with van der Waals surface area (Å²) in [6.45, 7) is 1.06. The highest BCUT2D eigenvalue weighted by Gasteiger charge is 2.45. The van der Waals surface area contributed by atoms with Crippen LogP contribution in [-0.2, 0) is 4.74 Å². The Morgan fingerprint density at radius 3 is 2.55 bits per heavy atom. The molecule has 22 heavy (non-hydrogen) atoms. The maximum Gasteiger partial charge on any atom is 0.311 e. The first kappa shape index (κ1) is 16.6. The summed E-state index contributed by atoms with van der Waals surface area (Å²) < 4.78 is 10.4. The average Bonchev–Trinajstić information content (AvgIpc) is 2.49. The Hall–Kier alpha value is -1.78. The molecule has 9 heteroatoms. The predicted octanol–water partition coefficient (Wildman–Crippen LogP) is -0.918. The van der Waals surface area contributed by atoms with Crippen LogP contribution in [0.15, 0.2) is 18.2 Å². The third kappa shape index (κ3) is 3.18. The predicted molar refractivity (Wildman–Crippen MR) is 72.2 cm³/mol.